The molecule has 25 heavy (non-hydrogen) atoms. The fraction of sp³-hybridized carbons (Fsp3) is 0.895. The van der Waals surface area contributed by atoms with Crippen molar-refractivity contribution in [1.29, 1.82) is 0 Å². The smallest absolute Gasteiger partial charge is 0.318 e. The number of aliphatic hydroxyl groups excluding tert-OH is 1. The second-order valence-corrected chi connectivity index (χ2v) is 9.29. The number of aliphatic hydroxyl groups is 1. The average molecular weight is 349 g/mol. The molecule has 0 unspecified atom stereocenters. The van der Waals surface area contributed by atoms with Crippen molar-refractivity contribution < 1.29 is 14.3 Å². The Morgan fingerprint density at radius 1 is 1.16 bits per heavy atom. The molecule has 4 rings (SSSR count). The minimum Gasteiger partial charge on any atom is -0.408 e. The third-order valence-corrected chi connectivity index (χ3v) is 6.28. The molecule has 2 saturated heterocycles. The standard InChI is InChI=1S/C19H31N3O3/c1-18(2,3)15-11-14(23)12-19(25-15)7-9-22(10-8-19)17-21-20-16(24-17)13-5-4-6-13/h13-15,23H,4-12H2,1-3H3/t14-,15-/m1/s1. The summed E-state index contributed by atoms with van der Waals surface area (Å²) in [6.45, 7) is 8.27. The van der Waals surface area contributed by atoms with Crippen molar-refractivity contribution in [3.8, 4) is 0 Å². The summed E-state index contributed by atoms with van der Waals surface area (Å²) in [5.41, 5.74) is -0.154. The summed E-state index contributed by atoms with van der Waals surface area (Å²) < 4.78 is 12.5. The van der Waals surface area contributed by atoms with Crippen molar-refractivity contribution in [3.05, 3.63) is 5.89 Å². The molecule has 3 fully saturated rings. The zero-order chi connectivity index (χ0) is 17.7. The van der Waals surface area contributed by atoms with Crippen LogP contribution in [0.5, 0.6) is 0 Å². The lowest BCUT2D eigenvalue weighted by Gasteiger charge is -2.50. The van der Waals surface area contributed by atoms with Crippen LogP contribution in [0.25, 0.3) is 0 Å². The number of nitrogens with zero attached hydrogens (tertiary/aromatic N) is 3. The predicted molar refractivity (Wildman–Crippen MR) is 94.6 cm³/mol. The van der Waals surface area contributed by atoms with Gasteiger partial charge in [-0.05, 0) is 31.1 Å². The van der Waals surface area contributed by atoms with Gasteiger partial charge in [0.25, 0.3) is 0 Å². The summed E-state index contributed by atoms with van der Waals surface area (Å²) >= 11 is 0. The zero-order valence-electron chi connectivity index (χ0n) is 15.7. The van der Waals surface area contributed by atoms with E-state index in [0.29, 0.717) is 11.9 Å². The van der Waals surface area contributed by atoms with Gasteiger partial charge in [-0.1, -0.05) is 32.3 Å². The Hall–Kier alpha value is -1.14. The molecule has 1 N–H and O–H groups in total. The van der Waals surface area contributed by atoms with Crippen molar-refractivity contribution in [2.75, 3.05) is 18.0 Å². The molecule has 0 radical (unpaired) electrons. The van der Waals surface area contributed by atoms with Crippen LogP contribution in [-0.2, 0) is 4.74 Å². The van der Waals surface area contributed by atoms with Crippen LogP contribution in [0.1, 0.15) is 77.5 Å². The largest absolute Gasteiger partial charge is 0.408 e. The maximum absolute atomic E-state index is 10.4. The highest BCUT2D eigenvalue weighted by atomic mass is 16.5. The van der Waals surface area contributed by atoms with E-state index in [1.165, 1.54) is 19.3 Å². The van der Waals surface area contributed by atoms with E-state index in [1.54, 1.807) is 0 Å². The highest BCUT2D eigenvalue weighted by molar-refractivity contribution is 5.26. The minimum absolute atomic E-state index is 0.0513. The molecule has 140 valence electrons. The van der Waals surface area contributed by atoms with Gasteiger partial charge in [-0.25, -0.2) is 0 Å². The van der Waals surface area contributed by atoms with E-state index < -0.39 is 0 Å². The Labute approximate surface area is 149 Å². The van der Waals surface area contributed by atoms with Crippen LogP contribution in [0, 0.1) is 5.41 Å². The lowest BCUT2D eigenvalue weighted by atomic mass is 9.76. The van der Waals surface area contributed by atoms with Gasteiger partial charge in [-0.3, -0.25) is 0 Å². The molecule has 3 aliphatic rings. The number of aromatic nitrogens is 2. The molecule has 3 heterocycles. The summed E-state index contributed by atoms with van der Waals surface area (Å²) in [6.07, 6.45) is 6.73. The highest BCUT2D eigenvalue weighted by Crippen LogP contribution is 2.43. The first-order valence-corrected chi connectivity index (χ1v) is 9.79. The highest BCUT2D eigenvalue weighted by Gasteiger charge is 2.46. The molecular weight excluding hydrogens is 318 g/mol. The van der Waals surface area contributed by atoms with Crippen molar-refractivity contribution in [2.45, 2.75) is 89.4 Å². The molecule has 0 bridgehead atoms. The predicted octanol–water partition coefficient (Wildman–Crippen LogP) is 3.26. The van der Waals surface area contributed by atoms with Crippen LogP contribution in [0.4, 0.5) is 6.01 Å². The molecule has 2 aliphatic heterocycles. The summed E-state index contributed by atoms with van der Waals surface area (Å²) in [4.78, 5) is 2.18. The van der Waals surface area contributed by atoms with Gasteiger partial charge in [0.2, 0.25) is 5.89 Å². The fourth-order valence-electron chi connectivity index (χ4n) is 4.29. The number of piperidine rings is 1. The van der Waals surface area contributed by atoms with E-state index in [2.05, 4.69) is 35.9 Å². The van der Waals surface area contributed by atoms with Crippen LogP contribution in [0.2, 0.25) is 0 Å². The summed E-state index contributed by atoms with van der Waals surface area (Å²) in [5.74, 6) is 1.28. The molecule has 0 aromatic carbocycles. The first-order chi connectivity index (χ1) is 11.8. The van der Waals surface area contributed by atoms with E-state index in [9.17, 15) is 5.11 Å². The molecule has 0 amide bonds. The van der Waals surface area contributed by atoms with Gasteiger partial charge >= 0.3 is 6.01 Å². The molecule has 6 nitrogen and oxygen atoms in total. The van der Waals surface area contributed by atoms with Crippen LogP contribution in [0.3, 0.4) is 0 Å². The molecule has 1 aromatic heterocycles. The SMILES string of the molecule is CC(C)(C)[C@H]1C[C@@H](O)CC2(CCN(c3nnc(C4CCC4)o3)CC2)O1. The number of ether oxygens (including phenoxy) is 1. The number of rotatable bonds is 2. The van der Waals surface area contributed by atoms with Gasteiger partial charge in [-0.15, -0.1) is 5.10 Å². The van der Waals surface area contributed by atoms with Gasteiger partial charge in [-0.2, -0.15) is 0 Å². The summed E-state index contributed by atoms with van der Waals surface area (Å²) in [6, 6.07) is 0.653. The number of hydrogen-bond donors (Lipinski definition) is 1. The molecule has 6 heteroatoms. The molecule has 1 saturated carbocycles. The first kappa shape index (κ1) is 17.3. The second-order valence-electron chi connectivity index (χ2n) is 9.29. The van der Waals surface area contributed by atoms with Gasteiger partial charge in [0, 0.05) is 31.8 Å². The lowest BCUT2D eigenvalue weighted by Crippen LogP contribution is -2.55. The number of hydrogen-bond acceptors (Lipinski definition) is 6. The molecule has 1 aromatic rings. The third-order valence-electron chi connectivity index (χ3n) is 6.28. The maximum atomic E-state index is 10.4. The molecule has 2 atom stereocenters. The van der Waals surface area contributed by atoms with E-state index in [-0.39, 0.29) is 23.2 Å². The maximum Gasteiger partial charge on any atom is 0.318 e. The van der Waals surface area contributed by atoms with Gasteiger partial charge in [0.05, 0.1) is 17.8 Å². The van der Waals surface area contributed by atoms with Crippen LogP contribution < -0.4 is 4.90 Å². The first-order valence-electron chi connectivity index (χ1n) is 9.79. The van der Waals surface area contributed by atoms with Crippen molar-refractivity contribution in [3.63, 3.8) is 0 Å². The van der Waals surface area contributed by atoms with Crippen LogP contribution in [0.15, 0.2) is 4.42 Å². The lowest BCUT2D eigenvalue weighted by molar-refractivity contribution is -0.199. The van der Waals surface area contributed by atoms with E-state index in [4.69, 9.17) is 9.15 Å². The van der Waals surface area contributed by atoms with Gasteiger partial charge < -0.3 is 19.2 Å². The monoisotopic (exact) mass is 349 g/mol. The Balaban J connectivity index is 1.41. The van der Waals surface area contributed by atoms with Crippen LogP contribution >= 0.6 is 0 Å². The Bertz CT molecular complexity index is 597. The van der Waals surface area contributed by atoms with E-state index >= 15 is 0 Å². The average Bonchev–Trinajstić information content (AvgIpc) is 2.94. The topological polar surface area (TPSA) is 71.6 Å². The van der Waals surface area contributed by atoms with E-state index in [0.717, 1.165) is 44.7 Å². The molecule has 1 spiro atoms. The Kier molecular flexibility index (Phi) is 4.31. The van der Waals surface area contributed by atoms with E-state index in [1.807, 2.05) is 0 Å². The quantitative estimate of drug-likeness (QED) is 0.883. The van der Waals surface area contributed by atoms with Crippen molar-refractivity contribution in [2.24, 2.45) is 5.41 Å². The van der Waals surface area contributed by atoms with Gasteiger partial charge in [0.15, 0.2) is 0 Å². The van der Waals surface area contributed by atoms with Crippen molar-refractivity contribution >= 4 is 6.01 Å². The summed E-state index contributed by atoms with van der Waals surface area (Å²) in [7, 11) is 0. The Morgan fingerprint density at radius 2 is 1.88 bits per heavy atom. The molecule has 1 aliphatic carbocycles. The fourth-order valence-corrected chi connectivity index (χ4v) is 4.29. The normalized spacial score (nSPS) is 30.5. The molecular formula is C19H31N3O3. The van der Waals surface area contributed by atoms with Crippen molar-refractivity contribution in [1.82, 2.24) is 10.2 Å². The second kappa shape index (κ2) is 6.23. The van der Waals surface area contributed by atoms with Gasteiger partial charge in [0.1, 0.15) is 0 Å². The summed E-state index contributed by atoms with van der Waals surface area (Å²) in [5, 5.41) is 18.9. The van der Waals surface area contributed by atoms with Crippen LogP contribution in [-0.4, -0.2) is 46.2 Å². The number of anilines is 1. The minimum atomic E-state index is -0.266. The Morgan fingerprint density at radius 3 is 2.48 bits per heavy atom. The third kappa shape index (κ3) is 3.43. The zero-order valence-corrected chi connectivity index (χ0v) is 15.7.